The first-order valence-electron chi connectivity index (χ1n) is 7.01. The highest BCUT2D eigenvalue weighted by Crippen LogP contribution is 2.29. The number of nitrogens with two attached hydrogens (primary N) is 1. The summed E-state index contributed by atoms with van der Waals surface area (Å²) in [6, 6.07) is 11.3. The maximum Gasteiger partial charge on any atom is 0.269 e. The number of carbonyl (C=O) groups excluding carboxylic acids is 1. The van der Waals surface area contributed by atoms with Crippen molar-refractivity contribution >= 4 is 17.7 Å². The molecule has 24 heavy (non-hydrogen) atoms. The van der Waals surface area contributed by atoms with Gasteiger partial charge < -0.3 is 15.2 Å². The molecular formula is C17H16N2O5. The smallest absolute Gasteiger partial charge is 0.269 e. The van der Waals surface area contributed by atoms with Gasteiger partial charge >= 0.3 is 0 Å². The highest BCUT2D eigenvalue weighted by molar-refractivity contribution is 5.90. The number of carbonyl (C=O) groups is 1. The van der Waals surface area contributed by atoms with Gasteiger partial charge in [0, 0.05) is 18.2 Å². The molecule has 0 aliphatic carbocycles. The molecule has 2 aromatic carbocycles. The van der Waals surface area contributed by atoms with E-state index in [2.05, 4.69) is 0 Å². The van der Waals surface area contributed by atoms with Crippen LogP contribution in [0.4, 0.5) is 5.69 Å². The lowest BCUT2D eigenvalue weighted by atomic mass is 10.2. The second kappa shape index (κ2) is 7.77. The van der Waals surface area contributed by atoms with E-state index in [4.69, 9.17) is 15.2 Å². The van der Waals surface area contributed by atoms with Crippen molar-refractivity contribution in [2.24, 2.45) is 5.73 Å². The normalized spacial score (nSPS) is 10.5. The number of ether oxygens (including phenoxy) is 2. The van der Waals surface area contributed by atoms with Crippen molar-refractivity contribution < 1.29 is 19.2 Å². The van der Waals surface area contributed by atoms with Gasteiger partial charge in [0.15, 0.2) is 11.5 Å². The van der Waals surface area contributed by atoms with Crippen LogP contribution in [0, 0.1) is 10.1 Å². The molecule has 2 rings (SSSR count). The van der Waals surface area contributed by atoms with Crippen molar-refractivity contribution in [1.29, 1.82) is 0 Å². The Labute approximate surface area is 138 Å². The Morgan fingerprint density at radius 3 is 2.50 bits per heavy atom. The molecule has 2 aromatic rings. The van der Waals surface area contributed by atoms with Crippen LogP contribution in [0.3, 0.4) is 0 Å². The summed E-state index contributed by atoms with van der Waals surface area (Å²) < 4.78 is 11.0. The summed E-state index contributed by atoms with van der Waals surface area (Å²) in [5.74, 6) is 0.481. The van der Waals surface area contributed by atoms with Gasteiger partial charge in [-0.3, -0.25) is 14.9 Å². The summed E-state index contributed by atoms with van der Waals surface area (Å²) in [5.41, 5.74) is 6.60. The van der Waals surface area contributed by atoms with Gasteiger partial charge in [0.2, 0.25) is 5.91 Å². The van der Waals surface area contributed by atoms with E-state index in [1.54, 1.807) is 36.4 Å². The first-order chi connectivity index (χ1) is 11.5. The molecule has 0 bridgehead atoms. The van der Waals surface area contributed by atoms with E-state index in [0.717, 1.165) is 11.1 Å². The van der Waals surface area contributed by atoms with E-state index >= 15 is 0 Å². The Bertz CT molecular complexity index is 769. The number of non-ortho nitro benzene ring substituents is 1. The minimum Gasteiger partial charge on any atom is -0.493 e. The Balaban J connectivity index is 2.13. The predicted octanol–water partition coefficient (Wildman–Crippen LogP) is 2.68. The molecule has 0 aliphatic rings. The predicted molar refractivity (Wildman–Crippen MR) is 88.7 cm³/mol. The molecule has 0 saturated carbocycles. The lowest BCUT2D eigenvalue weighted by Gasteiger charge is -2.11. The van der Waals surface area contributed by atoms with Crippen molar-refractivity contribution in [3.05, 3.63) is 69.8 Å². The van der Waals surface area contributed by atoms with Gasteiger partial charge in [-0.25, -0.2) is 0 Å². The molecule has 2 N–H and O–H groups in total. The van der Waals surface area contributed by atoms with Crippen molar-refractivity contribution in [2.45, 2.75) is 6.61 Å². The van der Waals surface area contributed by atoms with Crippen LogP contribution in [-0.2, 0) is 11.4 Å². The number of nitro benzene ring substituents is 1. The van der Waals surface area contributed by atoms with Gasteiger partial charge in [-0.15, -0.1) is 0 Å². The quantitative estimate of drug-likeness (QED) is 0.478. The van der Waals surface area contributed by atoms with Crippen LogP contribution in [0.2, 0.25) is 0 Å². The van der Waals surface area contributed by atoms with Crippen LogP contribution in [0.1, 0.15) is 11.1 Å². The zero-order valence-corrected chi connectivity index (χ0v) is 13.0. The number of amides is 1. The molecule has 0 atom stereocenters. The molecule has 7 nitrogen and oxygen atoms in total. The Hall–Kier alpha value is -3.35. The molecular weight excluding hydrogens is 312 g/mol. The number of primary amides is 1. The summed E-state index contributed by atoms with van der Waals surface area (Å²) >= 11 is 0. The molecule has 0 saturated heterocycles. The van der Waals surface area contributed by atoms with Crippen molar-refractivity contribution in [3.8, 4) is 11.5 Å². The van der Waals surface area contributed by atoms with Gasteiger partial charge in [0.25, 0.3) is 5.69 Å². The van der Waals surface area contributed by atoms with E-state index in [1.807, 2.05) is 0 Å². The zero-order chi connectivity index (χ0) is 17.5. The zero-order valence-electron chi connectivity index (χ0n) is 13.0. The fraction of sp³-hybridized carbons (Fsp3) is 0.118. The maximum atomic E-state index is 10.8. The van der Waals surface area contributed by atoms with Crippen LogP contribution >= 0.6 is 0 Å². The number of nitrogens with zero attached hydrogens (tertiary/aromatic N) is 1. The second-order valence-corrected chi connectivity index (χ2v) is 4.86. The molecule has 0 unspecified atom stereocenters. The molecule has 7 heteroatoms. The van der Waals surface area contributed by atoms with Crippen LogP contribution in [-0.4, -0.2) is 17.9 Å². The molecule has 0 heterocycles. The molecule has 0 aromatic heterocycles. The standard InChI is InChI=1S/C17H16N2O5/c1-23-15-8-4-12(5-9-17(18)20)10-16(15)24-11-13-2-6-14(7-3-13)19(21)22/h2-10H,11H2,1H3,(H2,18,20)/b9-5+. The number of benzene rings is 2. The number of methoxy groups -OCH3 is 1. The Morgan fingerprint density at radius 2 is 1.92 bits per heavy atom. The Morgan fingerprint density at radius 1 is 1.21 bits per heavy atom. The lowest BCUT2D eigenvalue weighted by molar-refractivity contribution is -0.384. The van der Waals surface area contributed by atoms with E-state index in [0.29, 0.717) is 11.5 Å². The van der Waals surface area contributed by atoms with E-state index < -0.39 is 10.8 Å². The van der Waals surface area contributed by atoms with Crippen molar-refractivity contribution in [2.75, 3.05) is 7.11 Å². The molecule has 0 radical (unpaired) electrons. The SMILES string of the molecule is COc1ccc(/C=C/C(N)=O)cc1OCc1ccc([N+](=O)[O-])cc1. The maximum absolute atomic E-state index is 10.8. The monoisotopic (exact) mass is 328 g/mol. The van der Waals surface area contributed by atoms with Crippen molar-refractivity contribution in [1.82, 2.24) is 0 Å². The first-order valence-corrected chi connectivity index (χ1v) is 7.01. The van der Waals surface area contributed by atoms with Gasteiger partial charge in [-0.1, -0.05) is 6.07 Å². The highest BCUT2D eigenvalue weighted by atomic mass is 16.6. The second-order valence-electron chi connectivity index (χ2n) is 4.86. The van der Waals surface area contributed by atoms with Crippen LogP contribution in [0.15, 0.2) is 48.5 Å². The summed E-state index contributed by atoms with van der Waals surface area (Å²) in [7, 11) is 1.52. The topological polar surface area (TPSA) is 105 Å². The third kappa shape index (κ3) is 4.57. The summed E-state index contributed by atoms with van der Waals surface area (Å²) in [4.78, 5) is 21.0. The van der Waals surface area contributed by atoms with Crippen molar-refractivity contribution in [3.63, 3.8) is 0 Å². The number of hydrogen-bond donors (Lipinski definition) is 1. The van der Waals surface area contributed by atoms with E-state index in [1.165, 1.54) is 25.3 Å². The minimum absolute atomic E-state index is 0.0231. The van der Waals surface area contributed by atoms with E-state index in [9.17, 15) is 14.9 Å². The highest BCUT2D eigenvalue weighted by Gasteiger charge is 2.07. The van der Waals surface area contributed by atoms with Crippen LogP contribution < -0.4 is 15.2 Å². The third-order valence-corrected chi connectivity index (χ3v) is 3.17. The molecule has 0 spiro atoms. The molecule has 0 aliphatic heterocycles. The Kier molecular flexibility index (Phi) is 5.51. The largest absolute Gasteiger partial charge is 0.493 e. The molecule has 0 fully saturated rings. The number of hydrogen-bond acceptors (Lipinski definition) is 5. The number of nitro groups is 1. The fourth-order valence-electron chi connectivity index (χ4n) is 1.96. The lowest BCUT2D eigenvalue weighted by Crippen LogP contribution is -2.05. The summed E-state index contributed by atoms with van der Waals surface area (Å²) in [5, 5.41) is 10.6. The van der Waals surface area contributed by atoms with Crippen LogP contribution in [0.5, 0.6) is 11.5 Å². The van der Waals surface area contributed by atoms with Gasteiger partial charge in [0.1, 0.15) is 6.61 Å². The molecule has 1 amide bonds. The minimum atomic E-state index is -0.542. The first kappa shape index (κ1) is 17.0. The van der Waals surface area contributed by atoms with Crippen LogP contribution in [0.25, 0.3) is 6.08 Å². The summed E-state index contributed by atoms with van der Waals surface area (Å²) in [6.07, 6.45) is 2.82. The van der Waals surface area contributed by atoms with E-state index in [-0.39, 0.29) is 12.3 Å². The summed E-state index contributed by atoms with van der Waals surface area (Å²) in [6.45, 7) is 0.220. The third-order valence-electron chi connectivity index (χ3n) is 3.17. The van der Waals surface area contributed by atoms with Gasteiger partial charge in [0.05, 0.1) is 12.0 Å². The molecule has 124 valence electrons. The average Bonchev–Trinajstić information content (AvgIpc) is 2.58. The van der Waals surface area contributed by atoms with Gasteiger partial charge in [-0.2, -0.15) is 0 Å². The van der Waals surface area contributed by atoms with Gasteiger partial charge in [-0.05, 0) is 41.5 Å². The fourth-order valence-corrected chi connectivity index (χ4v) is 1.96. The average molecular weight is 328 g/mol. The number of rotatable bonds is 7.